The summed E-state index contributed by atoms with van der Waals surface area (Å²) in [5.74, 6) is 2.60. The van der Waals surface area contributed by atoms with Crippen LogP contribution < -0.4 is 9.64 Å². The normalized spacial score (nSPS) is 17.6. The fourth-order valence-electron chi connectivity index (χ4n) is 4.24. The standard InChI is InChI=1S/C22H24N6O2/c1-30-18-6-3-2-5-17(18)22(7-8-22)21(29)27-13-11-26(12-14-27)19-15-20(24-16-23-19)28-10-4-9-25-28/h2-6,9-10,15-16H,7-8,11-14H2,1H3. The lowest BCUT2D eigenvalue weighted by Gasteiger charge is -2.37. The Morgan fingerprint density at radius 3 is 2.50 bits per heavy atom. The Hall–Kier alpha value is -3.42. The number of ether oxygens (including phenoxy) is 1. The summed E-state index contributed by atoms with van der Waals surface area (Å²) in [6.45, 7) is 2.83. The molecule has 154 valence electrons. The van der Waals surface area contributed by atoms with Gasteiger partial charge in [-0.2, -0.15) is 5.10 Å². The van der Waals surface area contributed by atoms with Gasteiger partial charge in [-0.3, -0.25) is 4.79 Å². The number of methoxy groups -OCH3 is 1. The number of carbonyl (C=O) groups excluding carboxylic acids is 1. The molecule has 2 fully saturated rings. The maximum absolute atomic E-state index is 13.4. The third-order valence-corrected chi connectivity index (χ3v) is 6.05. The molecule has 5 rings (SSSR count). The van der Waals surface area contributed by atoms with Gasteiger partial charge in [0.1, 0.15) is 17.9 Å². The molecule has 3 aromatic rings. The van der Waals surface area contributed by atoms with Crippen LogP contribution in [0.1, 0.15) is 18.4 Å². The molecular formula is C22H24N6O2. The van der Waals surface area contributed by atoms with Gasteiger partial charge in [-0.05, 0) is 25.0 Å². The van der Waals surface area contributed by atoms with Gasteiger partial charge < -0.3 is 14.5 Å². The zero-order valence-electron chi connectivity index (χ0n) is 16.9. The Bertz CT molecular complexity index is 1040. The fraction of sp³-hybridized carbons (Fsp3) is 0.364. The highest BCUT2D eigenvalue weighted by molar-refractivity contribution is 5.92. The average Bonchev–Trinajstić information content (AvgIpc) is 3.43. The summed E-state index contributed by atoms with van der Waals surface area (Å²) in [5, 5.41) is 4.23. The van der Waals surface area contributed by atoms with Crippen LogP contribution in [0.3, 0.4) is 0 Å². The number of amides is 1. The molecule has 0 radical (unpaired) electrons. The van der Waals surface area contributed by atoms with Crippen molar-refractivity contribution in [3.05, 3.63) is 60.7 Å². The van der Waals surface area contributed by atoms with Gasteiger partial charge in [-0.1, -0.05) is 18.2 Å². The van der Waals surface area contributed by atoms with E-state index in [0.717, 1.165) is 48.9 Å². The highest BCUT2D eigenvalue weighted by Gasteiger charge is 2.54. The van der Waals surface area contributed by atoms with Gasteiger partial charge in [0.25, 0.3) is 0 Å². The Labute approximate surface area is 175 Å². The molecule has 1 saturated carbocycles. The predicted octanol–water partition coefficient (Wildman–Crippen LogP) is 2.05. The van der Waals surface area contributed by atoms with Crippen molar-refractivity contribution in [1.29, 1.82) is 0 Å². The lowest BCUT2D eigenvalue weighted by atomic mass is 9.93. The summed E-state index contributed by atoms with van der Waals surface area (Å²) < 4.78 is 7.24. The largest absolute Gasteiger partial charge is 0.496 e. The molecule has 30 heavy (non-hydrogen) atoms. The molecule has 1 amide bonds. The van der Waals surface area contributed by atoms with Crippen molar-refractivity contribution in [2.24, 2.45) is 0 Å². The van der Waals surface area contributed by atoms with Crippen molar-refractivity contribution in [1.82, 2.24) is 24.6 Å². The van der Waals surface area contributed by atoms with Crippen LogP contribution in [0.2, 0.25) is 0 Å². The van der Waals surface area contributed by atoms with E-state index in [0.29, 0.717) is 13.1 Å². The lowest BCUT2D eigenvalue weighted by Crippen LogP contribution is -2.51. The van der Waals surface area contributed by atoms with Crippen molar-refractivity contribution < 1.29 is 9.53 Å². The highest BCUT2D eigenvalue weighted by Crippen LogP contribution is 2.52. The fourth-order valence-corrected chi connectivity index (χ4v) is 4.24. The Morgan fingerprint density at radius 1 is 1.03 bits per heavy atom. The molecule has 3 heterocycles. The van der Waals surface area contributed by atoms with Crippen LogP contribution >= 0.6 is 0 Å². The molecule has 2 aromatic heterocycles. The SMILES string of the molecule is COc1ccccc1C1(C(=O)N2CCN(c3cc(-n4cccn4)ncn3)CC2)CC1. The van der Waals surface area contributed by atoms with E-state index in [2.05, 4.69) is 20.0 Å². The van der Waals surface area contributed by atoms with Crippen molar-refractivity contribution >= 4 is 11.7 Å². The number of piperazine rings is 1. The van der Waals surface area contributed by atoms with Gasteiger partial charge in [0.2, 0.25) is 5.91 Å². The Kier molecular flexibility index (Phi) is 4.61. The van der Waals surface area contributed by atoms with Crippen LogP contribution in [0.4, 0.5) is 5.82 Å². The first kappa shape index (κ1) is 18.6. The Morgan fingerprint density at radius 2 is 1.80 bits per heavy atom. The number of benzene rings is 1. The minimum atomic E-state index is -0.420. The maximum Gasteiger partial charge on any atom is 0.233 e. The number of para-hydroxylation sites is 1. The third-order valence-electron chi connectivity index (χ3n) is 6.05. The first-order chi connectivity index (χ1) is 14.7. The molecule has 0 N–H and O–H groups in total. The molecule has 0 bridgehead atoms. The van der Waals surface area contributed by atoms with Crippen LogP contribution in [0.15, 0.2) is 55.1 Å². The van der Waals surface area contributed by atoms with E-state index < -0.39 is 5.41 Å². The second-order valence-corrected chi connectivity index (χ2v) is 7.75. The molecule has 1 aliphatic carbocycles. The van der Waals surface area contributed by atoms with Crippen LogP contribution in [-0.4, -0.2) is 63.8 Å². The van der Waals surface area contributed by atoms with Crippen LogP contribution in [0.5, 0.6) is 5.75 Å². The monoisotopic (exact) mass is 404 g/mol. The molecular weight excluding hydrogens is 380 g/mol. The number of anilines is 1. The molecule has 1 aliphatic heterocycles. The second kappa shape index (κ2) is 7.44. The van der Waals surface area contributed by atoms with Gasteiger partial charge in [0.05, 0.1) is 12.5 Å². The van der Waals surface area contributed by atoms with E-state index in [1.807, 2.05) is 47.5 Å². The summed E-state index contributed by atoms with van der Waals surface area (Å²) >= 11 is 0. The second-order valence-electron chi connectivity index (χ2n) is 7.75. The van der Waals surface area contributed by atoms with Gasteiger partial charge in [-0.25, -0.2) is 14.6 Å². The lowest BCUT2D eigenvalue weighted by molar-refractivity contribution is -0.134. The van der Waals surface area contributed by atoms with Gasteiger partial charge >= 0.3 is 0 Å². The molecule has 8 nitrogen and oxygen atoms in total. The predicted molar refractivity (Wildman–Crippen MR) is 112 cm³/mol. The zero-order valence-corrected chi connectivity index (χ0v) is 16.9. The Balaban J connectivity index is 1.29. The zero-order chi connectivity index (χ0) is 20.6. The van der Waals surface area contributed by atoms with Gasteiger partial charge in [0.15, 0.2) is 5.82 Å². The summed E-state index contributed by atoms with van der Waals surface area (Å²) in [6, 6.07) is 11.7. The first-order valence-electron chi connectivity index (χ1n) is 10.2. The maximum atomic E-state index is 13.4. The van der Waals surface area contributed by atoms with Gasteiger partial charge in [-0.15, -0.1) is 0 Å². The minimum Gasteiger partial charge on any atom is -0.496 e. The number of hydrogen-bond donors (Lipinski definition) is 0. The van der Waals surface area contributed by atoms with E-state index in [-0.39, 0.29) is 5.91 Å². The van der Waals surface area contributed by atoms with Crippen LogP contribution in [0, 0.1) is 0 Å². The summed E-state index contributed by atoms with van der Waals surface area (Å²) in [6.07, 6.45) is 6.90. The van der Waals surface area contributed by atoms with Gasteiger partial charge in [0, 0.05) is 50.2 Å². The minimum absolute atomic E-state index is 0.214. The molecule has 0 atom stereocenters. The molecule has 0 unspecified atom stereocenters. The van der Waals surface area contributed by atoms with E-state index in [9.17, 15) is 4.79 Å². The molecule has 1 aromatic carbocycles. The van der Waals surface area contributed by atoms with Crippen LogP contribution in [0.25, 0.3) is 5.82 Å². The quantitative estimate of drug-likeness (QED) is 0.648. The molecule has 2 aliphatic rings. The third kappa shape index (κ3) is 3.18. The topological polar surface area (TPSA) is 76.4 Å². The molecule has 1 saturated heterocycles. The summed E-state index contributed by atoms with van der Waals surface area (Å²) in [5.41, 5.74) is 0.594. The number of rotatable bonds is 5. The summed E-state index contributed by atoms with van der Waals surface area (Å²) in [4.78, 5) is 26.3. The van der Waals surface area contributed by atoms with Crippen molar-refractivity contribution in [2.75, 3.05) is 38.2 Å². The first-order valence-corrected chi connectivity index (χ1v) is 10.2. The van der Waals surface area contributed by atoms with E-state index in [4.69, 9.17) is 4.74 Å². The number of hydrogen-bond acceptors (Lipinski definition) is 6. The molecule has 8 heteroatoms. The number of nitrogens with zero attached hydrogens (tertiary/aromatic N) is 6. The van der Waals surface area contributed by atoms with E-state index in [1.54, 1.807) is 24.3 Å². The van der Waals surface area contributed by atoms with E-state index >= 15 is 0 Å². The smallest absolute Gasteiger partial charge is 0.233 e. The van der Waals surface area contributed by atoms with Crippen molar-refractivity contribution in [3.63, 3.8) is 0 Å². The van der Waals surface area contributed by atoms with Crippen molar-refractivity contribution in [2.45, 2.75) is 18.3 Å². The van der Waals surface area contributed by atoms with Crippen LogP contribution in [-0.2, 0) is 10.2 Å². The van der Waals surface area contributed by atoms with E-state index in [1.165, 1.54) is 0 Å². The highest BCUT2D eigenvalue weighted by atomic mass is 16.5. The number of carbonyl (C=O) groups is 1. The van der Waals surface area contributed by atoms with Crippen molar-refractivity contribution in [3.8, 4) is 11.6 Å². The molecule has 0 spiro atoms. The summed E-state index contributed by atoms with van der Waals surface area (Å²) in [7, 11) is 1.66. The number of aromatic nitrogens is 4. The average molecular weight is 404 g/mol.